The summed E-state index contributed by atoms with van der Waals surface area (Å²) in [5.41, 5.74) is 3.97. The van der Waals surface area contributed by atoms with Crippen LogP contribution >= 0.6 is 11.3 Å². The molecule has 1 aromatic heterocycles. The third kappa shape index (κ3) is 5.17. The average Bonchev–Trinajstić information content (AvgIpc) is 3.07. The summed E-state index contributed by atoms with van der Waals surface area (Å²) in [6.07, 6.45) is 1.27. The van der Waals surface area contributed by atoms with Crippen molar-refractivity contribution >= 4 is 22.9 Å². The van der Waals surface area contributed by atoms with E-state index < -0.39 is 0 Å². The van der Waals surface area contributed by atoms with Crippen molar-refractivity contribution < 1.29 is 9.53 Å². The van der Waals surface area contributed by atoms with Gasteiger partial charge < -0.3 is 10.1 Å². The third-order valence-electron chi connectivity index (χ3n) is 3.94. The van der Waals surface area contributed by atoms with E-state index in [1.54, 1.807) is 0 Å². The summed E-state index contributed by atoms with van der Waals surface area (Å²) < 4.78 is 5.77. The molecule has 1 N–H and O–H groups in total. The fourth-order valence-corrected chi connectivity index (χ4v) is 3.26. The Morgan fingerprint density at radius 2 is 2.00 bits per heavy atom. The summed E-state index contributed by atoms with van der Waals surface area (Å²) in [4.78, 5) is 16.7. The van der Waals surface area contributed by atoms with Crippen LogP contribution in [0, 0.1) is 6.92 Å². The Bertz CT molecular complexity index is 872. The number of rotatable bonds is 7. The van der Waals surface area contributed by atoms with Crippen molar-refractivity contribution in [1.29, 1.82) is 0 Å². The lowest BCUT2D eigenvalue weighted by Crippen LogP contribution is -2.14. The zero-order valence-corrected chi connectivity index (χ0v) is 15.8. The molecule has 0 saturated carbocycles. The predicted molar refractivity (Wildman–Crippen MR) is 106 cm³/mol. The molecule has 4 nitrogen and oxygen atoms in total. The molecule has 3 rings (SSSR count). The SMILES string of the molecule is CCc1ccc(OCc2nc(CC(=O)Nc3cccc(C)c3)cs2)cc1. The maximum absolute atomic E-state index is 12.2. The Hall–Kier alpha value is -2.66. The number of ether oxygens (including phenoxy) is 1. The quantitative estimate of drug-likeness (QED) is 0.655. The standard InChI is InChI=1S/C21H22N2O2S/c1-3-16-7-9-19(10-8-16)25-13-21-23-18(14-26-21)12-20(24)22-17-6-4-5-15(2)11-17/h4-11,14H,3,12-13H2,1-2H3,(H,22,24). The van der Waals surface area contributed by atoms with Crippen LogP contribution in [0.5, 0.6) is 5.75 Å². The van der Waals surface area contributed by atoms with E-state index in [1.807, 2.05) is 48.7 Å². The van der Waals surface area contributed by atoms with Gasteiger partial charge in [-0.25, -0.2) is 4.98 Å². The Labute approximate surface area is 157 Å². The third-order valence-corrected chi connectivity index (χ3v) is 4.81. The number of amides is 1. The zero-order chi connectivity index (χ0) is 18.4. The van der Waals surface area contributed by atoms with E-state index >= 15 is 0 Å². The van der Waals surface area contributed by atoms with Crippen LogP contribution in [-0.2, 0) is 24.2 Å². The molecule has 134 valence electrons. The molecule has 0 aliphatic rings. The second kappa shape index (κ2) is 8.63. The minimum atomic E-state index is -0.0662. The lowest BCUT2D eigenvalue weighted by Gasteiger charge is -2.05. The van der Waals surface area contributed by atoms with E-state index in [9.17, 15) is 4.79 Å². The normalized spacial score (nSPS) is 10.5. The fraction of sp³-hybridized carbons (Fsp3) is 0.238. The van der Waals surface area contributed by atoms with Gasteiger partial charge in [-0.2, -0.15) is 0 Å². The Balaban J connectivity index is 1.51. The molecule has 0 fully saturated rings. The molecule has 0 atom stereocenters. The lowest BCUT2D eigenvalue weighted by molar-refractivity contribution is -0.115. The highest BCUT2D eigenvalue weighted by Crippen LogP contribution is 2.17. The molecule has 26 heavy (non-hydrogen) atoms. The summed E-state index contributed by atoms with van der Waals surface area (Å²) in [6.45, 7) is 4.54. The maximum Gasteiger partial charge on any atom is 0.230 e. The number of aromatic nitrogens is 1. The smallest absolute Gasteiger partial charge is 0.230 e. The number of aryl methyl sites for hydroxylation is 2. The van der Waals surface area contributed by atoms with Crippen molar-refractivity contribution in [3.63, 3.8) is 0 Å². The number of anilines is 1. The van der Waals surface area contributed by atoms with Crippen molar-refractivity contribution in [2.24, 2.45) is 0 Å². The molecule has 0 aliphatic heterocycles. The van der Waals surface area contributed by atoms with Crippen LogP contribution in [-0.4, -0.2) is 10.9 Å². The van der Waals surface area contributed by atoms with Gasteiger partial charge in [0.2, 0.25) is 5.91 Å². The molecule has 0 radical (unpaired) electrons. The van der Waals surface area contributed by atoms with Gasteiger partial charge in [0.1, 0.15) is 17.4 Å². The van der Waals surface area contributed by atoms with E-state index in [4.69, 9.17) is 4.74 Å². The number of carbonyl (C=O) groups excluding carboxylic acids is 1. The summed E-state index contributed by atoms with van der Waals surface area (Å²) in [5.74, 6) is 0.764. The summed E-state index contributed by atoms with van der Waals surface area (Å²) in [5, 5.41) is 5.68. The van der Waals surface area contributed by atoms with Gasteiger partial charge in [0.25, 0.3) is 0 Å². The Morgan fingerprint density at radius 1 is 1.19 bits per heavy atom. The number of hydrogen-bond acceptors (Lipinski definition) is 4. The maximum atomic E-state index is 12.2. The highest BCUT2D eigenvalue weighted by molar-refractivity contribution is 7.09. The van der Waals surface area contributed by atoms with E-state index in [2.05, 4.69) is 29.4 Å². The van der Waals surface area contributed by atoms with Crippen molar-refractivity contribution in [3.8, 4) is 5.75 Å². The molecule has 2 aromatic carbocycles. The summed E-state index contributed by atoms with van der Waals surface area (Å²) in [6, 6.07) is 15.8. The number of benzene rings is 2. The summed E-state index contributed by atoms with van der Waals surface area (Å²) >= 11 is 1.51. The van der Waals surface area contributed by atoms with Gasteiger partial charge in [-0.05, 0) is 48.7 Å². The molecule has 0 spiro atoms. The van der Waals surface area contributed by atoms with Crippen molar-refractivity contribution in [3.05, 3.63) is 75.7 Å². The second-order valence-corrected chi connectivity index (χ2v) is 7.06. The van der Waals surface area contributed by atoms with Gasteiger partial charge in [0.05, 0.1) is 12.1 Å². The van der Waals surface area contributed by atoms with Gasteiger partial charge >= 0.3 is 0 Å². The molecule has 0 unspecified atom stereocenters. The van der Waals surface area contributed by atoms with E-state index in [-0.39, 0.29) is 12.3 Å². The molecular formula is C21H22N2O2S. The van der Waals surface area contributed by atoms with Gasteiger partial charge in [0, 0.05) is 11.1 Å². The van der Waals surface area contributed by atoms with Crippen LogP contribution in [0.4, 0.5) is 5.69 Å². The van der Waals surface area contributed by atoms with E-state index in [0.717, 1.165) is 34.1 Å². The first-order valence-corrected chi connectivity index (χ1v) is 9.52. The van der Waals surface area contributed by atoms with Crippen LogP contribution in [0.15, 0.2) is 53.9 Å². The number of thiazole rings is 1. The minimum absolute atomic E-state index is 0.0662. The lowest BCUT2D eigenvalue weighted by atomic mass is 10.2. The van der Waals surface area contributed by atoms with Gasteiger partial charge in [0.15, 0.2) is 0 Å². The zero-order valence-electron chi connectivity index (χ0n) is 15.0. The number of hydrogen-bond donors (Lipinski definition) is 1. The summed E-state index contributed by atoms with van der Waals surface area (Å²) in [7, 11) is 0. The van der Waals surface area contributed by atoms with E-state index in [0.29, 0.717) is 6.61 Å². The minimum Gasteiger partial charge on any atom is -0.486 e. The van der Waals surface area contributed by atoms with Crippen LogP contribution in [0.2, 0.25) is 0 Å². The average molecular weight is 366 g/mol. The molecule has 1 heterocycles. The predicted octanol–water partition coefficient (Wildman–Crippen LogP) is 4.77. The molecule has 1 amide bonds. The van der Waals surface area contributed by atoms with Crippen molar-refractivity contribution in [2.45, 2.75) is 33.3 Å². The van der Waals surface area contributed by atoms with Crippen LogP contribution in [0.25, 0.3) is 0 Å². The largest absolute Gasteiger partial charge is 0.486 e. The highest BCUT2D eigenvalue weighted by atomic mass is 32.1. The van der Waals surface area contributed by atoms with Gasteiger partial charge in [-0.3, -0.25) is 4.79 Å². The monoisotopic (exact) mass is 366 g/mol. The van der Waals surface area contributed by atoms with Crippen LogP contribution in [0.3, 0.4) is 0 Å². The van der Waals surface area contributed by atoms with Crippen molar-refractivity contribution in [2.75, 3.05) is 5.32 Å². The first-order chi connectivity index (χ1) is 12.6. The van der Waals surface area contributed by atoms with Crippen molar-refractivity contribution in [1.82, 2.24) is 4.98 Å². The first kappa shape index (κ1) is 18.1. The molecule has 0 aliphatic carbocycles. The molecule has 0 saturated heterocycles. The van der Waals surface area contributed by atoms with E-state index in [1.165, 1.54) is 16.9 Å². The molecular weight excluding hydrogens is 344 g/mol. The topological polar surface area (TPSA) is 51.2 Å². The first-order valence-electron chi connectivity index (χ1n) is 8.64. The fourth-order valence-electron chi connectivity index (χ4n) is 2.56. The van der Waals surface area contributed by atoms with Crippen LogP contribution < -0.4 is 10.1 Å². The second-order valence-electron chi connectivity index (χ2n) is 6.11. The molecule has 3 aromatic rings. The van der Waals surface area contributed by atoms with Gasteiger partial charge in [-0.15, -0.1) is 11.3 Å². The number of carbonyl (C=O) groups is 1. The van der Waals surface area contributed by atoms with Gasteiger partial charge in [-0.1, -0.05) is 31.2 Å². The molecule has 0 bridgehead atoms. The highest BCUT2D eigenvalue weighted by Gasteiger charge is 2.09. The molecule has 5 heteroatoms. The van der Waals surface area contributed by atoms with Crippen LogP contribution in [0.1, 0.15) is 28.8 Å². The number of nitrogens with one attached hydrogen (secondary N) is 1. The Morgan fingerprint density at radius 3 is 2.73 bits per heavy atom. The Kier molecular flexibility index (Phi) is 6.02. The number of nitrogens with zero attached hydrogens (tertiary/aromatic N) is 1.